The van der Waals surface area contributed by atoms with Crippen LogP contribution in [0.25, 0.3) is 0 Å². The average Bonchev–Trinajstić information content (AvgIpc) is 2.46. The quantitative estimate of drug-likeness (QED) is 0.342. The second kappa shape index (κ2) is 12.5. The Bertz CT molecular complexity index is 256. The third-order valence-electron chi connectivity index (χ3n) is 4.36. The van der Waals surface area contributed by atoms with E-state index in [0.29, 0.717) is 5.75 Å². The fourth-order valence-electron chi connectivity index (χ4n) is 2.85. The summed E-state index contributed by atoms with van der Waals surface area (Å²) in [6.07, 6.45) is 12.6. The molecule has 0 aromatic carbocycles. The van der Waals surface area contributed by atoms with Crippen molar-refractivity contribution in [1.82, 2.24) is 5.32 Å². The van der Waals surface area contributed by atoms with Crippen LogP contribution in [0, 0.1) is 0 Å². The number of carbonyl (C=O) groups excluding carboxylic acids is 1. The number of unbranched alkanes of at least 4 members (excludes halogenated alkanes) is 6. The summed E-state index contributed by atoms with van der Waals surface area (Å²) < 4.78 is 0. The highest BCUT2D eigenvalue weighted by molar-refractivity contribution is 7.80. The summed E-state index contributed by atoms with van der Waals surface area (Å²) in [4.78, 5) is 11.7. The zero-order valence-electron chi connectivity index (χ0n) is 14.7. The van der Waals surface area contributed by atoms with Crippen molar-refractivity contribution in [1.29, 1.82) is 0 Å². The molecule has 1 N–H and O–H groups in total. The van der Waals surface area contributed by atoms with Crippen molar-refractivity contribution >= 4 is 18.4 Å². The van der Waals surface area contributed by atoms with Crippen LogP contribution in [0.1, 0.15) is 91.9 Å². The summed E-state index contributed by atoms with van der Waals surface area (Å²) >= 11 is 4.33. The lowest BCUT2D eigenvalue weighted by Crippen LogP contribution is -2.51. The Hall–Kier alpha value is -0.0200. The molecule has 0 saturated heterocycles. The number of Topliss-reactive ketones (excluding diaryl/α,β-unsaturated/α-hetero) is 1. The molecule has 0 bridgehead atoms. The van der Waals surface area contributed by atoms with Crippen LogP contribution in [-0.4, -0.2) is 23.1 Å². The first-order valence-electron chi connectivity index (χ1n) is 8.88. The Kier molecular flexibility index (Phi) is 12.5. The number of rotatable bonds is 14. The van der Waals surface area contributed by atoms with Gasteiger partial charge in [0.2, 0.25) is 0 Å². The first-order valence-corrected chi connectivity index (χ1v) is 9.51. The maximum absolute atomic E-state index is 11.7. The average molecular weight is 316 g/mol. The summed E-state index contributed by atoms with van der Waals surface area (Å²) in [7, 11) is 0. The second-order valence-corrected chi connectivity index (χ2v) is 7.04. The Morgan fingerprint density at radius 2 is 1.48 bits per heavy atom. The normalized spacial score (nSPS) is 13.4. The molecule has 0 saturated carbocycles. The molecule has 0 spiro atoms. The molecule has 0 rings (SSSR count). The molecule has 0 aliphatic rings. The van der Waals surface area contributed by atoms with Crippen molar-refractivity contribution in [2.75, 3.05) is 5.75 Å². The van der Waals surface area contributed by atoms with Crippen molar-refractivity contribution < 1.29 is 4.79 Å². The zero-order chi connectivity index (χ0) is 16.1. The van der Waals surface area contributed by atoms with E-state index in [-0.39, 0.29) is 17.4 Å². The molecule has 0 fully saturated rings. The van der Waals surface area contributed by atoms with Gasteiger partial charge in [-0.1, -0.05) is 65.2 Å². The summed E-state index contributed by atoms with van der Waals surface area (Å²) in [5.74, 6) is 0.799. The highest BCUT2D eigenvalue weighted by atomic mass is 32.1. The molecule has 0 aliphatic heterocycles. The minimum atomic E-state index is -0.101. The standard InChI is InChI=1S/C18H37NOS/c1-5-7-9-11-13-18(4,14-12-10-8-6-2)19-17(15-21)16(3)20/h17,19,21H,5-15H2,1-4H3. The second-order valence-electron chi connectivity index (χ2n) is 6.67. The van der Waals surface area contributed by atoms with Gasteiger partial charge < -0.3 is 5.32 Å². The van der Waals surface area contributed by atoms with Gasteiger partial charge in [0.05, 0.1) is 6.04 Å². The van der Waals surface area contributed by atoms with E-state index < -0.39 is 0 Å². The van der Waals surface area contributed by atoms with Crippen LogP contribution in [-0.2, 0) is 4.79 Å². The summed E-state index contributed by atoms with van der Waals surface area (Å²) in [6.45, 7) is 8.45. The molecule has 1 unspecified atom stereocenters. The molecule has 2 nitrogen and oxygen atoms in total. The fourth-order valence-corrected chi connectivity index (χ4v) is 3.20. The van der Waals surface area contributed by atoms with E-state index in [2.05, 4.69) is 38.7 Å². The van der Waals surface area contributed by atoms with Gasteiger partial charge in [0.1, 0.15) is 5.78 Å². The van der Waals surface area contributed by atoms with Gasteiger partial charge in [-0.25, -0.2) is 0 Å². The Balaban J connectivity index is 4.45. The SMILES string of the molecule is CCCCCCC(C)(CCCCCC)NC(CS)C(C)=O. The summed E-state index contributed by atoms with van der Waals surface area (Å²) in [5.41, 5.74) is 0.0839. The van der Waals surface area contributed by atoms with Crippen LogP contribution in [0.4, 0.5) is 0 Å². The van der Waals surface area contributed by atoms with Gasteiger partial charge in [-0.2, -0.15) is 12.6 Å². The maximum Gasteiger partial charge on any atom is 0.147 e. The fraction of sp³-hybridized carbons (Fsp3) is 0.944. The number of hydrogen-bond donors (Lipinski definition) is 2. The molecule has 0 aliphatic carbocycles. The molecule has 1 atom stereocenters. The van der Waals surface area contributed by atoms with Gasteiger partial charge >= 0.3 is 0 Å². The molecule has 0 aromatic heterocycles. The highest BCUT2D eigenvalue weighted by Gasteiger charge is 2.27. The topological polar surface area (TPSA) is 29.1 Å². The highest BCUT2D eigenvalue weighted by Crippen LogP contribution is 2.23. The largest absolute Gasteiger partial charge is 0.302 e. The van der Waals surface area contributed by atoms with E-state index in [1.54, 1.807) is 6.92 Å². The van der Waals surface area contributed by atoms with Gasteiger partial charge in [-0.3, -0.25) is 4.79 Å². The Morgan fingerprint density at radius 3 is 1.81 bits per heavy atom. The Morgan fingerprint density at radius 1 is 1.00 bits per heavy atom. The third-order valence-corrected chi connectivity index (χ3v) is 4.73. The molecule has 21 heavy (non-hydrogen) atoms. The van der Waals surface area contributed by atoms with E-state index in [0.717, 1.165) is 12.8 Å². The summed E-state index contributed by atoms with van der Waals surface area (Å²) in [6, 6.07) is -0.101. The molecular weight excluding hydrogens is 278 g/mol. The lowest BCUT2D eigenvalue weighted by atomic mass is 9.87. The molecule has 0 heterocycles. The van der Waals surface area contributed by atoms with Gasteiger partial charge in [0.25, 0.3) is 0 Å². The number of ketones is 1. The van der Waals surface area contributed by atoms with Gasteiger partial charge in [0.15, 0.2) is 0 Å². The molecule has 3 heteroatoms. The number of thiol groups is 1. The van der Waals surface area contributed by atoms with Crippen molar-refractivity contribution in [2.45, 2.75) is 103 Å². The van der Waals surface area contributed by atoms with E-state index in [1.807, 2.05) is 0 Å². The van der Waals surface area contributed by atoms with Crippen molar-refractivity contribution in [3.05, 3.63) is 0 Å². The van der Waals surface area contributed by atoms with Crippen LogP contribution in [0.2, 0.25) is 0 Å². The van der Waals surface area contributed by atoms with Crippen LogP contribution < -0.4 is 5.32 Å². The number of hydrogen-bond acceptors (Lipinski definition) is 3. The van der Waals surface area contributed by atoms with E-state index >= 15 is 0 Å². The molecule has 0 amide bonds. The van der Waals surface area contributed by atoms with Crippen LogP contribution in [0.5, 0.6) is 0 Å². The predicted molar refractivity (Wildman–Crippen MR) is 97.4 cm³/mol. The monoisotopic (exact) mass is 315 g/mol. The minimum Gasteiger partial charge on any atom is -0.302 e. The molecule has 0 radical (unpaired) electrons. The van der Waals surface area contributed by atoms with Crippen molar-refractivity contribution in [2.24, 2.45) is 0 Å². The third kappa shape index (κ3) is 10.4. The van der Waals surface area contributed by atoms with Gasteiger partial charge in [-0.05, 0) is 26.7 Å². The molecule has 0 aromatic rings. The number of nitrogens with one attached hydrogen (secondary N) is 1. The minimum absolute atomic E-state index is 0.0839. The Labute approximate surface area is 138 Å². The van der Waals surface area contributed by atoms with Gasteiger partial charge in [-0.15, -0.1) is 0 Å². The molecular formula is C18H37NOS. The lowest BCUT2D eigenvalue weighted by molar-refractivity contribution is -0.119. The maximum atomic E-state index is 11.7. The van der Waals surface area contributed by atoms with Gasteiger partial charge in [0, 0.05) is 11.3 Å². The zero-order valence-corrected chi connectivity index (χ0v) is 15.6. The first kappa shape index (κ1) is 21.0. The molecule has 126 valence electrons. The number of carbonyl (C=O) groups is 1. The van der Waals surface area contributed by atoms with E-state index in [1.165, 1.54) is 51.4 Å². The van der Waals surface area contributed by atoms with E-state index in [4.69, 9.17) is 0 Å². The smallest absolute Gasteiger partial charge is 0.147 e. The van der Waals surface area contributed by atoms with E-state index in [9.17, 15) is 4.79 Å². The van der Waals surface area contributed by atoms with Crippen molar-refractivity contribution in [3.8, 4) is 0 Å². The van der Waals surface area contributed by atoms with Crippen LogP contribution >= 0.6 is 12.6 Å². The lowest BCUT2D eigenvalue weighted by Gasteiger charge is -2.34. The van der Waals surface area contributed by atoms with Crippen LogP contribution in [0.3, 0.4) is 0 Å². The van der Waals surface area contributed by atoms with Crippen molar-refractivity contribution in [3.63, 3.8) is 0 Å². The predicted octanol–water partition coefficient (Wildman–Crippen LogP) is 5.16. The summed E-state index contributed by atoms with van der Waals surface area (Å²) in [5, 5.41) is 3.61. The first-order chi connectivity index (χ1) is 9.99. The van der Waals surface area contributed by atoms with Crippen LogP contribution in [0.15, 0.2) is 0 Å².